The first-order chi connectivity index (χ1) is 15.1. The Kier molecular flexibility index (Phi) is 12.8. The number of carboxylic acids is 1. The molecule has 0 aliphatic rings. The van der Waals surface area contributed by atoms with Gasteiger partial charge in [0.25, 0.3) is 0 Å². The van der Waals surface area contributed by atoms with E-state index in [2.05, 4.69) is 39.0 Å². The standard InChI is InChI=1S/C22H36N4O3S2/c1-2-3-4-5-6-7-8-9-10-11-12-17-13-15-30-20(17)21(31-16-14-18(27)28)19(29)22-23-25-26-24-22/h13,15,19,21,29H,2-12,14,16H2,1H3,(H,27,28)(H,23,24,25,26). The number of nitrogens with zero attached hydrogens (tertiary/aromatic N) is 3. The Morgan fingerprint density at radius 2 is 1.81 bits per heavy atom. The molecule has 2 heterocycles. The number of aromatic amines is 1. The number of thioether (sulfide) groups is 1. The first kappa shape index (κ1) is 25.8. The van der Waals surface area contributed by atoms with E-state index in [4.69, 9.17) is 5.11 Å². The van der Waals surface area contributed by atoms with Crippen LogP contribution >= 0.6 is 23.1 Å². The first-order valence-electron chi connectivity index (χ1n) is 11.4. The van der Waals surface area contributed by atoms with Crippen molar-refractivity contribution in [2.75, 3.05) is 5.75 Å². The number of nitrogens with one attached hydrogen (secondary N) is 1. The molecule has 2 aromatic heterocycles. The van der Waals surface area contributed by atoms with Gasteiger partial charge in [-0.3, -0.25) is 4.79 Å². The molecule has 2 atom stereocenters. The molecule has 0 fully saturated rings. The third kappa shape index (κ3) is 9.70. The van der Waals surface area contributed by atoms with Crippen molar-refractivity contribution in [3.05, 3.63) is 27.7 Å². The zero-order chi connectivity index (χ0) is 22.3. The number of aliphatic hydroxyl groups is 1. The monoisotopic (exact) mass is 468 g/mol. The highest BCUT2D eigenvalue weighted by molar-refractivity contribution is 7.99. The minimum absolute atomic E-state index is 0.0572. The largest absolute Gasteiger partial charge is 0.481 e. The molecule has 31 heavy (non-hydrogen) atoms. The Labute approximate surface area is 193 Å². The number of hydrogen-bond donors (Lipinski definition) is 3. The molecule has 0 amide bonds. The van der Waals surface area contributed by atoms with Gasteiger partial charge < -0.3 is 10.2 Å². The number of aliphatic carboxylic acids is 1. The van der Waals surface area contributed by atoms with Gasteiger partial charge in [-0.05, 0) is 40.3 Å². The molecule has 0 radical (unpaired) electrons. The summed E-state index contributed by atoms with van der Waals surface area (Å²) in [5.74, 6) is -0.0984. The molecule has 0 saturated carbocycles. The van der Waals surface area contributed by atoms with E-state index in [0.29, 0.717) is 11.6 Å². The lowest BCUT2D eigenvalue weighted by Gasteiger charge is -2.21. The van der Waals surface area contributed by atoms with Crippen molar-refractivity contribution in [2.45, 2.75) is 95.3 Å². The normalized spacial score (nSPS) is 13.4. The molecule has 174 valence electrons. The number of aryl methyl sites for hydroxylation is 1. The van der Waals surface area contributed by atoms with Crippen molar-refractivity contribution >= 4 is 29.1 Å². The second-order valence-corrected chi connectivity index (χ2v) is 10.1. The van der Waals surface area contributed by atoms with Crippen LogP contribution in [0.4, 0.5) is 0 Å². The van der Waals surface area contributed by atoms with E-state index >= 15 is 0 Å². The van der Waals surface area contributed by atoms with Gasteiger partial charge in [0.05, 0.1) is 11.7 Å². The summed E-state index contributed by atoms with van der Waals surface area (Å²) in [6.45, 7) is 2.25. The molecule has 2 unspecified atom stereocenters. The topological polar surface area (TPSA) is 112 Å². The maximum atomic E-state index is 10.9. The van der Waals surface area contributed by atoms with E-state index in [1.54, 1.807) is 11.3 Å². The average molecular weight is 469 g/mol. The van der Waals surface area contributed by atoms with Crippen molar-refractivity contribution in [1.29, 1.82) is 0 Å². The first-order valence-corrected chi connectivity index (χ1v) is 13.4. The number of hydrogen-bond acceptors (Lipinski definition) is 7. The van der Waals surface area contributed by atoms with Gasteiger partial charge >= 0.3 is 5.97 Å². The molecule has 3 N–H and O–H groups in total. The Morgan fingerprint density at radius 3 is 2.42 bits per heavy atom. The quantitative estimate of drug-likeness (QED) is 0.240. The molecular formula is C22H36N4O3S2. The zero-order valence-corrected chi connectivity index (χ0v) is 20.1. The van der Waals surface area contributed by atoms with E-state index < -0.39 is 12.1 Å². The second kappa shape index (κ2) is 15.4. The number of carbonyl (C=O) groups is 1. The van der Waals surface area contributed by atoms with Crippen LogP contribution in [0.15, 0.2) is 11.4 Å². The highest BCUT2D eigenvalue weighted by Gasteiger charge is 2.29. The molecule has 7 nitrogen and oxygen atoms in total. The molecule has 2 rings (SSSR count). The number of aromatic nitrogens is 4. The van der Waals surface area contributed by atoms with Gasteiger partial charge in [0.15, 0.2) is 5.82 Å². The van der Waals surface area contributed by atoms with Crippen molar-refractivity contribution in [3.63, 3.8) is 0 Å². The third-order valence-corrected chi connectivity index (χ3v) is 7.86. The number of carboxylic acid groups (broad SMARTS) is 1. The average Bonchev–Trinajstić information content (AvgIpc) is 3.44. The van der Waals surface area contributed by atoms with Crippen molar-refractivity contribution in [3.8, 4) is 0 Å². The third-order valence-electron chi connectivity index (χ3n) is 5.38. The molecule has 2 aromatic rings. The Balaban J connectivity index is 1.82. The molecule has 9 heteroatoms. The van der Waals surface area contributed by atoms with Gasteiger partial charge in [-0.1, -0.05) is 64.7 Å². The number of unbranched alkanes of at least 4 members (excludes halogenated alkanes) is 9. The van der Waals surface area contributed by atoms with Gasteiger partial charge in [0, 0.05) is 10.6 Å². The minimum Gasteiger partial charge on any atom is -0.481 e. The highest BCUT2D eigenvalue weighted by atomic mass is 32.2. The van der Waals surface area contributed by atoms with Crippen LogP contribution in [0.1, 0.15) is 105 Å². The molecular weight excluding hydrogens is 432 g/mol. The highest BCUT2D eigenvalue weighted by Crippen LogP contribution is 2.43. The summed E-state index contributed by atoms with van der Waals surface area (Å²) in [5, 5.41) is 35.2. The van der Waals surface area contributed by atoms with Crippen LogP contribution in [-0.4, -0.2) is 42.6 Å². The number of thiophene rings is 1. The van der Waals surface area contributed by atoms with E-state index in [9.17, 15) is 9.90 Å². The molecule has 0 bridgehead atoms. The lowest BCUT2D eigenvalue weighted by atomic mass is 10.0. The van der Waals surface area contributed by atoms with Crippen molar-refractivity contribution in [1.82, 2.24) is 20.6 Å². The van der Waals surface area contributed by atoms with Gasteiger partial charge in [0.2, 0.25) is 0 Å². The summed E-state index contributed by atoms with van der Waals surface area (Å²) < 4.78 is 0. The summed E-state index contributed by atoms with van der Waals surface area (Å²) >= 11 is 3.06. The van der Waals surface area contributed by atoms with E-state index in [1.807, 2.05) is 0 Å². The smallest absolute Gasteiger partial charge is 0.304 e. The van der Waals surface area contributed by atoms with Crippen molar-refractivity contribution < 1.29 is 15.0 Å². The Morgan fingerprint density at radius 1 is 1.13 bits per heavy atom. The maximum Gasteiger partial charge on any atom is 0.304 e. The summed E-state index contributed by atoms with van der Waals surface area (Å²) in [6, 6.07) is 2.13. The van der Waals surface area contributed by atoms with Crippen LogP contribution in [-0.2, 0) is 11.2 Å². The van der Waals surface area contributed by atoms with E-state index in [1.165, 1.54) is 75.1 Å². The molecule has 0 saturated heterocycles. The number of tetrazole rings is 1. The second-order valence-electron chi connectivity index (χ2n) is 7.91. The predicted molar refractivity (Wildman–Crippen MR) is 126 cm³/mol. The van der Waals surface area contributed by atoms with Crippen LogP contribution in [0.5, 0.6) is 0 Å². The minimum atomic E-state index is -0.904. The van der Waals surface area contributed by atoms with Gasteiger partial charge in [-0.15, -0.1) is 28.2 Å². The van der Waals surface area contributed by atoms with Crippen LogP contribution in [0.3, 0.4) is 0 Å². The van der Waals surface area contributed by atoms with Crippen LogP contribution in [0.25, 0.3) is 0 Å². The fourth-order valence-electron chi connectivity index (χ4n) is 3.63. The molecule has 0 aromatic carbocycles. The van der Waals surface area contributed by atoms with E-state index in [0.717, 1.165) is 17.7 Å². The lowest BCUT2D eigenvalue weighted by Crippen LogP contribution is -2.12. The number of rotatable bonds is 18. The van der Waals surface area contributed by atoms with Gasteiger partial charge in [0.1, 0.15) is 6.10 Å². The summed E-state index contributed by atoms with van der Waals surface area (Å²) in [4.78, 5) is 12.0. The fourth-order valence-corrected chi connectivity index (χ4v) is 6.12. The Hall–Kier alpha value is -1.45. The zero-order valence-electron chi connectivity index (χ0n) is 18.5. The maximum absolute atomic E-state index is 10.9. The summed E-state index contributed by atoms with van der Waals surface area (Å²) in [5.41, 5.74) is 1.24. The van der Waals surface area contributed by atoms with E-state index in [-0.39, 0.29) is 11.7 Å². The lowest BCUT2D eigenvalue weighted by molar-refractivity contribution is -0.136. The summed E-state index contributed by atoms with van der Waals surface area (Å²) in [7, 11) is 0. The predicted octanol–water partition coefficient (Wildman–Crippen LogP) is 5.71. The number of H-pyrrole nitrogens is 1. The SMILES string of the molecule is CCCCCCCCCCCCc1ccsc1C(SCCC(=O)O)C(O)c1nnn[nH]1. The fraction of sp³-hybridized carbons (Fsp3) is 0.727. The molecule has 0 spiro atoms. The van der Waals surface area contributed by atoms with Crippen LogP contribution < -0.4 is 0 Å². The van der Waals surface area contributed by atoms with Crippen LogP contribution in [0, 0.1) is 0 Å². The number of aliphatic hydroxyl groups excluding tert-OH is 1. The van der Waals surface area contributed by atoms with Crippen LogP contribution in [0.2, 0.25) is 0 Å². The van der Waals surface area contributed by atoms with Gasteiger partial charge in [-0.25, -0.2) is 5.10 Å². The summed E-state index contributed by atoms with van der Waals surface area (Å²) in [6.07, 6.45) is 13.2. The molecule has 0 aliphatic carbocycles. The molecule has 0 aliphatic heterocycles. The van der Waals surface area contributed by atoms with Gasteiger partial charge in [-0.2, -0.15) is 0 Å². The Bertz CT molecular complexity index is 724. The van der Waals surface area contributed by atoms with Crippen molar-refractivity contribution in [2.24, 2.45) is 0 Å².